The molecule has 1 spiro atoms. The molecule has 0 N–H and O–H groups in total. The van der Waals surface area contributed by atoms with Gasteiger partial charge in [0.05, 0.1) is 14.2 Å². The molecule has 32 heavy (non-hydrogen) atoms. The normalized spacial score (nSPS) is 27.3. The number of fused-ring (bicyclic) bond motifs is 2. The van der Waals surface area contributed by atoms with Crippen molar-refractivity contribution >= 4 is 31.9 Å². The van der Waals surface area contributed by atoms with Gasteiger partial charge in [-0.3, -0.25) is 0 Å². The van der Waals surface area contributed by atoms with Crippen molar-refractivity contribution in [2.24, 2.45) is 11.8 Å². The van der Waals surface area contributed by atoms with Crippen LogP contribution in [0.2, 0.25) is 0 Å². The van der Waals surface area contributed by atoms with E-state index in [0.717, 1.165) is 24.3 Å². The van der Waals surface area contributed by atoms with E-state index < -0.39 is 0 Å². The van der Waals surface area contributed by atoms with Gasteiger partial charge in [-0.2, -0.15) is 0 Å². The molecule has 4 atom stereocenters. The van der Waals surface area contributed by atoms with E-state index >= 15 is 0 Å². The van der Waals surface area contributed by atoms with Gasteiger partial charge in [-0.15, -0.1) is 0 Å². The molecule has 3 aliphatic carbocycles. The van der Waals surface area contributed by atoms with Gasteiger partial charge in [-0.25, -0.2) is 0 Å². The highest BCUT2D eigenvalue weighted by molar-refractivity contribution is 9.10. The Morgan fingerprint density at radius 3 is 1.69 bits per heavy atom. The van der Waals surface area contributed by atoms with Crippen LogP contribution in [0.3, 0.4) is 0 Å². The van der Waals surface area contributed by atoms with Gasteiger partial charge in [0.25, 0.3) is 0 Å². The van der Waals surface area contributed by atoms with Gasteiger partial charge in [0.1, 0.15) is 11.5 Å². The predicted octanol–water partition coefficient (Wildman–Crippen LogP) is 7.44. The molecule has 1 saturated carbocycles. The molecule has 0 radical (unpaired) electrons. The van der Waals surface area contributed by atoms with E-state index in [-0.39, 0.29) is 5.41 Å². The fourth-order valence-electron chi connectivity index (χ4n) is 7.26. The average Bonchev–Trinajstić information content (AvgIpc) is 3.36. The first-order valence-corrected chi connectivity index (χ1v) is 12.9. The second-order valence-corrected chi connectivity index (χ2v) is 11.2. The van der Waals surface area contributed by atoms with Crippen molar-refractivity contribution in [2.45, 2.75) is 37.0 Å². The summed E-state index contributed by atoms with van der Waals surface area (Å²) >= 11 is 7.78. The van der Waals surface area contributed by atoms with Crippen LogP contribution in [-0.2, 0) is 18.3 Å². The van der Waals surface area contributed by atoms with Crippen LogP contribution in [0.5, 0.6) is 11.5 Å². The molecule has 3 aromatic rings. The number of rotatable bonds is 3. The summed E-state index contributed by atoms with van der Waals surface area (Å²) < 4.78 is 14.4. The van der Waals surface area contributed by atoms with E-state index in [1.54, 1.807) is 0 Å². The van der Waals surface area contributed by atoms with Gasteiger partial charge in [-0.1, -0.05) is 62.2 Å². The SMILES string of the molecule is COc1ccc(Br)c2c1C13c4c(OC)ccc(Br)c4C[C@@H]1CC(c1ccccc1)CC3C2. The van der Waals surface area contributed by atoms with Crippen LogP contribution in [0, 0.1) is 11.8 Å². The zero-order valence-electron chi connectivity index (χ0n) is 18.3. The molecule has 4 heteroatoms. The lowest BCUT2D eigenvalue weighted by Gasteiger charge is -2.47. The maximum Gasteiger partial charge on any atom is 0.123 e. The van der Waals surface area contributed by atoms with E-state index in [9.17, 15) is 0 Å². The molecule has 3 aromatic carbocycles. The fraction of sp³-hybridized carbons (Fsp3) is 0.357. The van der Waals surface area contributed by atoms with E-state index in [0.29, 0.717) is 17.8 Å². The summed E-state index contributed by atoms with van der Waals surface area (Å²) in [5.74, 6) is 3.64. The van der Waals surface area contributed by atoms with Gasteiger partial charge in [0.15, 0.2) is 0 Å². The Bertz CT molecular complexity index is 1130. The summed E-state index contributed by atoms with van der Waals surface area (Å²) in [6, 6.07) is 19.7. The molecule has 164 valence electrons. The van der Waals surface area contributed by atoms with Crippen molar-refractivity contribution in [3.63, 3.8) is 0 Å². The smallest absolute Gasteiger partial charge is 0.123 e. The van der Waals surface area contributed by atoms with Gasteiger partial charge in [-0.05, 0) is 84.4 Å². The monoisotopic (exact) mass is 552 g/mol. The standard InChI is InChI=1S/C28H26Br2O2/c1-31-24-10-8-22(29)20-14-18-12-17(16-6-4-3-5-7-16)13-19-15-21-23(30)9-11-25(32-2)27(21)28(18,19)26(20)24/h3-11,17-19H,12-15H2,1-2H3/t17?,18-,19?,28?/m0/s1. The summed E-state index contributed by atoms with van der Waals surface area (Å²) in [4.78, 5) is 0. The lowest BCUT2D eigenvalue weighted by atomic mass is 9.56. The molecule has 0 amide bonds. The van der Waals surface area contributed by atoms with Gasteiger partial charge >= 0.3 is 0 Å². The highest BCUT2D eigenvalue weighted by Gasteiger charge is 2.62. The Morgan fingerprint density at radius 2 is 1.22 bits per heavy atom. The zero-order chi connectivity index (χ0) is 22.0. The third-order valence-corrected chi connectivity index (χ3v) is 9.79. The minimum absolute atomic E-state index is 0.0693. The molecule has 3 unspecified atom stereocenters. The lowest BCUT2D eigenvalue weighted by Crippen LogP contribution is -2.43. The molecule has 3 aliphatic rings. The van der Waals surface area contributed by atoms with Gasteiger partial charge in [0.2, 0.25) is 0 Å². The largest absolute Gasteiger partial charge is 0.496 e. The van der Waals surface area contributed by atoms with Crippen LogP contribution in [0.4, 0.5) is 0 Å². The summed E-state index contributed by atoms with van der Waals surface area (Å²) in [6.45, 7) is 0. The van der Waals surface area contributed by atoms with E-state index in [4.69, 9.17) is 9.47 Å². The second kappa shape index (κ2) is 7.63. The summed E-state index contributed by atoms with van der Waals surface area (Å²) in [5.41, 5.74) is 7.04. The third-order valence-electron chi connectivity index (χ3n) is 8.30. The number of benzene rings is 3. The first-order chi connectivity index (χ1) is 15.6. The summed E-state index contributed by atoms with van der Waals surface area (Å²) in [7, 11) is 3.62. The number of halogens is 2. The maximum absolute atomic E-state index is 6.02. The Hall–Kier alpha value is -1.78. The molecule has 2 nitrogen and oxygen atoms in total. The summed E-state index contributed by atoms with van der Waals surface area (Å²) in [6.07, 6.45) is 4.50. The predicted molar refractivity (Wildman–Crippen MR) is 135 cm³/mol. The van der Waals surface area contributed by atoms with E-state index in [1.165, 1.54) is 49.6 Å². The fourth-order valence-corrected chi connectivity index (χ4v) is 8.24. The van der Waals surface area contributed by atoms with Crippen molar-refractivity contribution in [2.75, 3.05) is 14.2 Å². The van der Waals surface area contributed by atoms with Crippen molar-refractivity contribution in [3.05, 3.63) is 91.4 Å². The molecule has 0 aliphatic heterocycles. The molecule has 6 rings (SSSR count). The Labute approximate surface area is 206 Å². The minimum atomic E-state index is -0.0693. The highest BCUT2D eigenvalue weighted by atomic mass is 79.9. The third kappa shape index (κ3) is 2.69. The molecular weight excluding hydrogens is 528 g/mol. The molecule has 0 heterocycles. The number of ether oxygens (including phenoxy) is 2. The van der Waals surface area contributed by atoms with Crippen molar-refractivity contribution in [3.8, 4) is 11.5 Å². The number of hydrogen-bond donors (Lipinski definition) is 0. The average molecular weight is 554 g/mol. The molecule has 0 aromatic heterocycles. The first-order valence-electron chi connectivity index (χ1n) is 11.4. The van der Waals surface area contributed by atoms with Gasteiger partial charge < -0.3 is 9.47 Å². The highest BCUT2D eigenvalue weighted by Crippen LogP contribution is 2.69. The molecular formula is C28H26Br2O2. The molecule has 1 fully saturated rings. The van der Waals surface area contributed by atoms with Crippen molar-refractivity contribution in [1.29, 1.82) is 0 Å². The Kier molecular flexibility index (Phi) is 4.96. The van der Waals surface area contributed by atoms with Crippen LogP contribution in [-0.4, -0.2) is 14.2 Å². The second-order valence-electron chi connectivity index (χ2n) is 9.46. The minimum Gasteiger partial charge on any atom is -0.496 e. The van der Waals surface area contributed by atoms with Crippen molar-refractivity contribution in [1.82, 2.24) is 0 Å². The number of hydrogen-bond acceptors (Lipinski definition) is 2. The van der Waals surface area contributed by atoms with Gasteiger partial charge in [0, 0.05) is 25.5 Å². The Balaban J connectivity index is 1.63. The molecule has 0 saturated heterocycles. The topological polar surface area (TPSA) is 18.5 Å². The Morgan fingerprint density at radius 1 is 0.719 bits per heavy atom. The van der Waals surface area contributed by atoms with E-state index in [2.05, 4.69) is 86.5 Å². The number of methoxy groups -OCH3 is 2. The van der Waals surface area contributed by atoms with Crippen LogP contribution >= 0.6 is 31.9 Å². The lowest BCUT2D eigenvalue weighted by molar-refractivity contribution is 0.151. The quantitative estimate of drug-likeness (QED) is 0.335. The van der Waals surface area contributed by atoms with Crippen LogP contribution < -0.4 is 9.47 Å². The van der Waals surface area contributed by atoms with E-state index in [1.807, 2.05) is 14.2 Å². The molecule has 0 bridgehead atoms. The summed E-state index contributed by atoms with van der Waals surface area (Å²) in [5, 5.41) is 0. The van der Waals surface area contributed by atoms with Crippen LogP contribution in [0.1, 0.15) is 46.6 Å². The van der Waals surface area contributed by atoms with Crippen molar-refractivity contribution < 1.29 is 9.47 Å². The zero-order valence-corrected chi connectivity index (χ0v) is 21.5. The first kappa shape index (κ1) is 20.8. The van der Waals surface area contributed by atoms with Crippen LogP contribution in [0.25, 0.3) is 0 Å². The maximum atomic E-state index is 6.02. The van der Waals surface area contributed by atoms with Crippen LogP contribution in [0.15, 0.2) is 63.5 Å².